The Bertz CT molecular complexity index is 534. The summed E-state index contributed by atoms with van der Waals surface area (Å²) in [6.45, 7) is 6.60. The van der Waals surface area contributed by atoms with Crippen LogP contribution in [0.1, 0.15) is 23.7 Å². The molecule has 0 aliphatic heterocycles. The van der Waals surface area contributed by atoms with Gasteiger partial charge in [-0.25, -0.2) is 4.98 Å². The van der Waals surface area contributed by atoms with Crippen molar-refractivity contribution in [2.75, 3.05) is 0 Å². The zero-order valence-corrected chi connectivity index (χ0v) is 14.0. The molecule has 2 aromatic rings. The monoisotopic (exact) mass is 341 g/mol. The largest absolute Gasteiger partial charge is 0.240 e. The molecular formula is C14H16BrNS2. The molecule has 2 rings (SSSR count). The van der Waals surface area contributed by atoms with Gasteiger partial charge in [0.2, 0.25) is 0 Å². The van der Waals surface area contributed by atoms with Gasteiger partial charge in [0.25, 0.3) is 0 Å². The summed E-state index contributed by atoms with van der Waals surface area (Å²) < 4.78 is 1.10. The molecule has 0 saturated carbocycles. The number of aromatic nitrogens is 1. The lowest BCUT2D eigenvalue weighted by molar-refractivity contribution is 1.10. The lowest BCUT2D eigenvalue weighted by Gasteiger charge is -2.01. The molecule has 4 heteroatoms. The van der Waals surface area contributed by atoms with Gasteiger partial charge in [0.1, 0.15) is 5.01 Å². The third-order valence-electron chi connectivity index (χ3n) is 2.48. The molecule has 0 unspecified atom stereocenters. The molecule has 0 aliphatic carbocycles. The van der Waals surface area contributed by atoms with Crippen LogP contribution >= 0.6 is 39.0 Å². The molecule has 0 aliphatic rings. The third kappa shape index (κ3) is 3.59. The number of nitrogens with zero attached hydrogens (tertiary/aromatic N) is 1. The number of rotatable bonds is 4. The maximum absolute atomic E-state index is 4.77. The van der Waals surface area contributed by atoms with E-state index < -0.39 is 0 Å². The Hall–Kier alpha value is -0.320. The predicted molar refractivity (Wildman–Crippen MR) is 86.4 cm³/mol. The van der Waals surface area contributed by atoms with Crippen LogP contribution in [-0.2, 0) is 5.75 Å². The van der Waals surface area contributed by atoms with Crippen molar-refractivity contribution < 1.29 is 0 Å². The normalized spacial score (nSPS) is 11.2. The average Bonchev–Trinajstić information content (AvgIpc) is 2.68. The Morgan fingerprint density at radius 1 is 1.39 bits per heavy atom. The highest BCUT2D eigenvalue weighted by atomic mass is 79.9. The number of halogens is 1. The van der Waals surface area contributed by atoms with Crippen LogP contribution in [0.2, 0.25) is 0 Å². The van der Waals surface area contributed by atoms with E-state index in [-0.39, 0.29) is 0 Å². The summed E-state index contributed by atoms with van der Waals surface area (Å²) >= 11 is 7.27. The first-order valence-electron chi connectivity index (χ1n) is 5.90. The summed E-state index contributed by atoms with van der Waals surface area (Å²) in [6, 6.07) is 8.34. The van der Waals surface area contributed by atoms with Crippen LogP contribution < -0.4 is 0 Å². The van der Waals surface area contributed by atoms with Crippen molar-refractivity contribution in [3.63, 3.8) is 0 Å². The van der Waals surface area contributed by atoms with Crippen LogP contribution in [0.25, 0.3) is 11.3 Å². The fourth-order valence-corrected chi connectivity index (χ4v) is 3.78. The maximum atomic E-state index is 4.77. The summed E-state index contributed by atoms with van der Waals surface area (Å²) in [4.78, 5) is 6.07. The van der Waals surface area contributed by atoms with Crippen molar-refractivity contribution in [3.05, 3.63) is 38.6 Å². The van der Waals surface area contributed by atoms with Crippen molar-refractivity contribution in [3.8, 4) is 11.3 Å². The molecule has 0 saturated heterocycles. The van der Waals surface area contributed by atoms with Gasteiger partial charge in [0.15, 0.2) is 0 Å². The van der Waals surface area contributed by atoms with Gasteiger partial charge >= 0.3 is 0 Å². The molecule has 0 fully saturated rings. The minimum atomic E-state index is 0.656. The van der Waals surface area contributed by atoms with Crippen LogP contribution in [0.4, 0.5) is 0 Å². The Balaban J connectivity index is 2.24. The van der Waals surface area contributed by atoms with E-state index in [9.17, 15) is 0 Å². The van der Waals surface area contributed by atoms with Crippen LogP contribution in [0.3, 0.4) is 0 Å². The minimum Gasteiger partial charge on any atom is -0.240 e. The summed E-state index contributed by atoms with van der Waals surface area (Å²) in [6.07, 6.45) is 0. The summed E-state index contributed by atoms with van der Waals surface area (Å²) in [5.41, 5.74) is 2.32. The zero-order chi connectivity index (χ0) is 13.1. The molecular weight excluding hydrogens is 326 g/mol. The highest BCUT2D eigenvalue weighted by Gasteiger charge is 2.10. The number of thioether (sulfide) groups is 1. The van der Waals surface area contributed by atoms with E-state index in [2.05, 4.69) is 54.9 Å². The quantitative estimate of drug-likeness (QED) is 0.725. The number of benzene rings is 1. The first-order chi connectivity index (χ1) is 8.56. The van der Waals surface area contributed by atoms with Gasteiger partial charge in [-0.3, -0.25) is 0 Å². The van der Waals surface area contributed by atoms with Crippen molar-refractivity contribution in [1.29, 1.82) is 0 Å². The molecule has 0 bridgehead atoms. The fourth-order valence-electron chi connectivity index (χ4n) is 1.65. The number of hydrogen-bond donors (Lipinski definition) is 0. The summed E-state index contributed by atoms with van der Waals surface area (Å²) in [5.74, 6) is 1.01. The second-order valence-corrected chi connectivity index (χ2v) is 8.15. The maximum Gasteiger partial charge on any atom is 0.103 e. The Kier molecular flexibility index (Phi) is 4.87. The van der Waals surface area contributed by atoms with Crippen LogP contribution in [0.5, 0.6) is 0 Å². The molecule has 96 valence electrons. The van der Waals surface area contributed by atoms with Crippen molar-refractivity contribution >= 4 is 39.0 Å². The Morgan fingerprint density at radius 3 is 2.83 bits per heavy atom. The standard InChI is InChI=1S/C14H16BrNS2/c1-9(2)17-8-13-16-14(10(3)18-13)11-5-4-6-12(15)7-11/h4-7,9H,8H2,1-3H3. The van der Waals surface area contributed by atoms with E-state index in [4.69, 9.17) is 4.98 Å². The highest BCUT2D eigenvalue weighted by molar-refractivity contribution is 9.10. The third-order valence-corrected chi connectivity index (χ3v) is 5.23. The number of hydrogen-bond acceptors (Lipinski definition) is 3. The van der Waals surface area contributed by atoms with Gasteiger partial charge in [0.05, 0.1) is 5.69 Å². The van der Waals surface area contributed by atoms with Gasteiger partial charge in [-0.05, 0) is 24.3 Å². The zero-order valence-electron chi connectivity index (χ0n) is 10.7. The number of thiazole rings is 1. The molecule has 1 aromatic heterocycles. The second-order valence-electron chi connectivity index (χ2n) is 4.38. The number of aryl methyl sites for hydroxylation is 1. The molecule has 0 spiro atoms. The van der Waals surface area contributed by atoms with Gasteiger partial charge in [-0.15, -0.1) is 11.3 Å². The Labute approximate surface area is 125 Å². The van der Waals surface area contributed by atoms with Gasteiger partial charge in [-0.2, -0.15) is 11.8 Å². The van der Waals surface area contributed by atoms with E-state index in [1.54, 1.807) is 0 Å². The summed E-state index contributed by atoms with van der Waals surface area (Å²) in [5, 5.41) is 1.88. The van der Waals surface area contributed by atoms with Crippen molar-refractivity contribution in [1.82, 2.24) is 4.98 Å². The van der Waals surface area contributed by atoms with E-state index >= 15 is 0 Å². The highest BCUT2D eigenvalue weighted by Crippen LogP contribution is 2.31. The molecule has 1 nitrogen and oxygen atoms in total. The minimum absolute atomic E-state index is 0.656. The lowest BCUT2D eigenvalue weighted by atomic mass is 10.1. The predicted octanol–water partition coefficient (Wildman–Crippen LogP) is 5.52. The molecule has 0 atom stereocenters. The fraction of sp³-hybridized carbons (Fsp3) is 0.357. The summed E-state index contributed by atoms with van der Waals surface area (Å²) in [7, 11) is 0. The van der Waals surface area contributed by atoms with Crippen LogP contribution in [0.15, 0.2) is 28.7 Å². The topological polar surface area (TPSA) is 12.9 Å². The SMILES string of the molecule is Cc1sc(CSC(C)C)nc1-c1cccc(Br)c1. The van der Waals surface area contributed by atoms with Crippen molar-refractivity contribution in [2.45, 2.75) is 31.8 Å². The van der Waals surface area contributed by atoms with E-state index in [0.717, 1.165) is 15.9 Å². The van der Waals surface area contributed by atoms with Crippen molar-refractivity contribution in [2.24, 2.45) is 0 Å². The Morgan fingerprint density at radius 2 is 2.17 bits per heavy atom. The first-order valence-corrected chi connectivity index (χ1v) is 8.56. The van der Waals surface area contributed by atoms with E-state index in [1.165, 1.54) is 15.4 Å². The average molecular weight is 342 g/mol. The first kappa shape index (κ1) is 14.1. The second kappa shape index (κ2) is 6.22. The van der Waals surface area contributed by atoms with Gasteiger partial charge in [-0.1, -0.05) is 41.9 Å². The van der Waals surface area contributed by atoms with Gasteiger partial charge in [0, 0.05) is 20.7 Å². The molecule has 0 N–H and O–H groups in total. The molecule has 1 heterocycles. The lowest BCUT2D eigenvalue weighted by Crippen LogP contribution is -1.88. The molecule has 0 radical (unpaired) electrons. The van der Waals surface area contributed by atoms with E-state index in [1.807, 2.05) is 29.2 Å². The smallest absolute Gasteiger partial charge is 0.103 e. The van der Waals surface area contributed by atoms with Gasteiger partial charge < -0.3 is 0 Å². The molecule has 0 amide bonds. The molecule has 1 aromatic carbocycles. The van der Waals surface area contributed by atoms with Crippen LogP contribution in [-0.4, -0.2) is 10.2 Å². The van der Waals surface area contributed by atoms with E-state index in [0.29, 0.717) is 5.25 Å². The molecule has 18 heavy (non-hydrogen) atoms. The van der Waals surface area contributed by atoms with Crippen LogP contribution in [0, 0.1) is 6.92 Å².